The molecule has 2 aromatic rings. The lowest BCUT2D eigenvalue weighted by atomic mass is 10.1. The molecule has 0 spiro atoms. The van der Waals surface area contributed by atoms with E-state index in [2.05, 4.69) is 21.2 Å². The van der Waals surface area contributed by atoms with Crippen LogP contribution >= 0.6 is 27.7 Å². The quantitative estimate of drug-likeness (QED) is 0.738. The number of nitrogens with two attached hydrogens (primary N) is 1. The summed E-state index contributed by atoms with van der Waals surface area (Å²) in [5, 5.41) is 2.84. The summed E-state index contributed by atoms with van der Waals surface area (Å²) in [4.78, 5) is 23.9. The van der Waals surface area contributed by atoms with Crippen molar-refractivity contribution >= 4 is 45.2 Å². The smallest absolute Gasteiger partial charge is 0.234 e. The third-order valence-corrected chi connectivity index (χ3v) is 4.78. The number of hydrogen-bond acceptors (Lipinski definition) is 3. The third kappa shape index (κ3) is 5.73. The van der Waals surface area contributed by atoms with Crippen LogP contribution in [0.2, 0.25) is 0 Å². The molecule has 0 unspecified atom stereocenters. The molecule has 4 nitrogen and oxygen atoms in total. The van der Waals surface area contributed by atoms with Gasteiger partial charge in [0, 0.05) is 15.1 Å². The number of primary amides is 1. The molecule has 0 saturated carbocycles. The molecular formula is C17H17BrN2O2S. The molecule has 6 heteroatoms. The summed E-state index contributed by atoms with van der Waals surface area (Å²) in [6.45, 7) is 2.02. The van der Waals surface area contributed by atoms with E-state index < -0.39 is 0 Å². The van der Waals surface area contributed by atoms with Crippen LogP contribution in [0.5, 0.6) is 0 Å². The topological polar surface area (TPSA) is 72.2 Å². The molecule has 2 rings (SSSR count). The summed E-state index contributed by atoms with van der Waals surface area (Å²) in [6.07, 6.45) is 0.201. The zero-order chi connectivity index (χ0) is 16.8. The monoisotopic (exact) mass is 392 g/mol. The second kappa shape index (κ2) is 8.17. The Morgan fingerprint density at radius 3 is 2.48 bits per heavy atom. The first-order valence-corrected chi connectivity index (χ1v) is 8.78. The van der Waals surface area contributed by atoms with Crippen LogP contribution in [0, 0.1) is 6.92 Å². The first-order chi connectivity index (χ1) is 10.9. The van der Waals surface area contributed by atoms with Gasteiger partial charge in [-0.25, -0.2) is 0 Å². The summed E-state index contributed by atoms with van der Waals surface area (Å²) >= 11 is 4.92. The minimum Gasteiger partial charge on any atom is -0.369 e. The minimum atomic E-state index is -0.372. The number of thioether (sulfide) groups is 1. The number of hydrogen-bond donors (Lipinski definition) is 2. The minimum absolute atomic E-state index is 0.0695. The summed E-state index contributed by atoms with van der Waals surface area (Å²) in [6, 6.07) is 13.1. The maximum atomic E-state index is 12.0. The van der Waals surface area contributed by atoms with Crippen molar-refractivity contribution in [1.29, 1.82) is 0 Å². The zero-order valence-electron chi connectivity index (χ0n) is 12.6. The van der Waals surface area contributed by atoms with Crippen LogP contribution in [0.15, 0.2) is 51.8 Å². The van der Waals surface area contributed by atoms with E-state index in [4.69, 9.17) is 5.73 Å². The van der Waals surface area contributed by atoms with Crippen molar-refractivity contribution < 1.29 is 9.59 Å². The molecular weight excluding hydrogens is 376 g/mol. The number of carbonyl (C=O) groups is 2. The van der Waals surface area contributed by atoms with E-state index in [1.807, 2.05) is 25.1 Å². The fourth-order valence-corrected chi connectivity index (χ4v) is 3.31. The van der Waals surface area contributed by atoms with Gasteiger partial charge in [0.1, 0.15) is 0 Å². The van der Waals surface area contributed by atoms with Crippen molar-refractivity contribution in [3.05, 3.63) is 58.1 Å². The fraction of sp³-hybridized carbons (Fsp3) is 0.176. The molecule has 0 fully saturated rings. The van der Waals surface area contributed by atoms with Crippen molar-refractivity contribution in [1.82, 2.24) is 0 Å². The highest BCUT2D eigenvalue weighted by Crippen LogP contribution is 2.25. The molecule has 0 aliphatic heterocycles. The number of anilines is 1. The number of benzene rings is 2. The highest BCUT2D eigenvalue weighted by Gasteiger charge is 2.06. The van der Waals surface area contributed by atoms with Gasteiger partial charge in [-0.15, -0.1) is 11.8 Å². The number of carbonyl (C=O) groups excluding carboxylic acids is 2. The van der Waals surface area contributed by atoms with Crippen LogP contribution in [0.3, 0.4) is 0 Å². The predicted octanol–water partition coefficient (Wildman–Crippen LogP) is 3.52. The molecule has 2 aromatic carbocycles. The van der Waals surface area contributed by atoms with Gasteiger partial charge in [0.25, 0.3) is 0 Å². The van der Waals surface area contributed by atoms with E-state index in [0.29, 0.717) is 11.4 Å². The van der Waals surface area contributed by atoms with Crippen LogP contribution in [-0.2, 0) is 16.0 Å². The van der Waals surface area contributed by atoms with Gasteiger partial charge >= 0.3 is 0 Å². The van der Waals surface area contributed by atoms with E-state index >= 15 is 0 Å². The van der Waals surface area contributed by atoms with Gasteiger partial charge in [-0.1, -0.05) is 28.1 Å². The molecule has 23 heavy (non-hydrogen) atoms. The van der Waals surface area contributed by atoms with Crippen LogP contribution < -0.4 is 11.1 Å². The van der Waals surface area contributed by atoms with Crippen molar-refractivity contribution in [2.24, 2.45) is 5.73 Å². The van der Waals surface area contributed by atoms with Gasteiger partial charge in [0.05, 0.1) is 12.2 Å². The van der Waals surface area contributed by atoms with E-state index in [1.54, 1.807) is 24.3 Å². The Hall–Kier alpha value is -1.79. The van der Waals surface area contributed by atoms with Crippen LogP contribution in [0.4, 0.5) is 5.69 Å². The Morgan fingerprint density at radius 1 is 1.17 bits per heavy atom. The van der Waals surface area contributed by atoms with Crippen molar-refractivity contribution in [2.75, 3.05) is 11.1 Å². The molecule has 0 aliphatic carbocycles. The lowest BCUT2D eigenvalue weighted by molar-refractivity contribution is -0.117. The van der Waals surface area contributed by atoms with Crippen LogP contribution in [0.1, 0.15) is 11.1 Å². The predicted molar refractivity (Wildman–Crippen MR) is 97.6 cm³/mol. The molecule has 0 saturated heterocycles. The molecule has 0 atom stereocenters. The number of aryl methyl sites for hydroxylation is 1. The average Bonchev–Trinajstić information content (AvgIpc) is 2.48. The maximum Gasteiger partial charge on any atom is 0.234 e. The summed E-state index contributed by atoms with van der Waals surface area (Å²) in [5.74, 6) is -0.103. The largest absolute Gasteiger partial charge is 0.369 e. The van der Waals surface area contributed by atoms with Gasteiger partial charge in [0.15, 0.2) is 0 Å². The van der Waals surface area contributed by atoms with Crippen molar-refractivity contribution in [3.63, 3.8) is 0 Å². The lowest BCUT2D eigenvalue weighted by Crippen LogP contribution is -2.15. The third-order valence-electron chi connectivity index (χ3n) is 3.11. The van der Waals surface area contributed by atoms with Gasteiger partial charge in [0.2, 0.25) is 11.8 Å². The maximum absolute atomic E-state index is 12.0. The highest BCUT2D eigenvalue weighted by molar-refractivity contribution is 9.10. The normalized spacial score (nSPS) is 10.3. The average molecular weight is 393 g/mol. The number of rotatable bonds is 6. The molecule has 0 bridgehead atoms. The Morgan fingerprint density at radius 2 is 1.87 bits per heavy atom. The Balaban J connectivity index is 1.88. The number of amides is 2. The summed E-state index contributed by atoms with van der Waals surface area (Å²) in [5.41, 5.74) is 7.81. The fourth-order valence-electron chi connectivity index (χ4n) is 2.02. The van der Waals surface area contributed by atoms with Gasteiger partial charge in [-0.2, -0.15) is 0 Å². The molecule has 3 N–H and O–H groups in total. The van der Waals surface area contributed by atoms with Gasteiger partial charge in [-0.3, -0.25) is 9.59 Å². The summed E-state index contributed by atoms with van der Waals surface area (Å²) < 4.78 is 1.03. The molecule has 0 radical (unpaired) electrons. The molecule has 0 heterocycles. The Bertz CT molecular complexity index is 717. The Kier molecular flexibility index (Phi) is 6.24. The number of halogens is 1. The van der Waals surface area contributed by atoms with E-state index in [1.165, 1.54) is 11.8 Å². The molecule has 120 valence electrons. The van der Waals surface area contributed by atoms with Crippen molar-refractivity contribution in [2.45, 2.75) is 18.2 Å². The summed E-state index contributed by atoms with van der Waals surface area (Å²) in [7, 11) is 0. The molecule has 0 aliphatic rings. The van der Waals surface area contributed by atoms with E-state index in [9.17, 15) is 9.59 Å². The van der Waals surface area contributed by atoms with Crippen molar-refractivity contribution in [3.8, 4) is 0 Å². The standard InChI is InChI=1S/C17H17BrN2O2S/c1-11-8-13(18)4-7-15(11)23-10-17(22)20-14-5-2-12(3-6-14)9-16(19)21/h2-8H,9-10H2,1H3,(H2,19,21)(H,20,22). The zero-order valence-corrected chi connectivity index (χ0v) is 15.0. The van der Waals surface area contributed by atoms with Crippen LogP contribution in [0.25, 0.3) is 0 Å². The highest BCUT2D eigenvalue weighted by atomic mass is 79.9. The first-order valence-electron chi connectivity index (χ1n) is 7.00. The van der Waals surface area contributed by atoms with Gasteiger partial charge < -0.3 is 11.1 Å². The molecule has 2 amide bonds. The number of nitrogens with one attached hydrogen (secondary N) is 1. The Labute approximate surface area is 148 Å². The van der Waals surface area contributed by atoms with Crippen LogP contribution in [-0.4, -0.2) is 17.6 Å². The first kappa shape index (κ1) is 17.6. The second-order valence-corrected chi connectivity index (χ2v) is 7.02. The van der Waals surface area contributed by atoms with E-state index in [0.717, 1.165) is 20.5 Å². The molecule has 0 aromatic heterocycles. The SMILES string of the molecule is Cc1cc(Br)ccc1SCC(=O)Nc1ccc(CC(N)=O)cc1. The second-order valence-electron chi connectivity index (χ2n) is 5.09. The van der Waals surface area contributed by atoms with Gasteiger partial charge in [-0.05, 0) is 48.4 Å². The lowest BCUT2D eigenvalue weighted by Gasteiger charge is -2.08. The van der Waals surface area contributed by atoms with E-state index in [-0.39, 0.29) is 18.2 Å².